The fourth-order valence-corrected chi connectivity index (χ4v) is 1.81. The first-order chi connectivity index (χ1) is 8.58. The molecule has 0 radical (unpaired) electrons. The smallest absolute Gasteiger partial charge is 0.415 e. The van der Waals surface area contributed by atoms with Crippen LogP contribution in [0.4, 0.5) is 9.18 Å². The molecule has 0 aromatic heterocycles. The van der Waals surface area contributed by atoms with E-state index in [-0.39, 0.29) is 12.3 Å². The van der Waals surface area contributed by atoms with Crippen LogP contribution in [0.1, 0.15) is 6.42 Å². The van der Waals surface area contributed by atoms with Gasteiger partial charge in [0.2, 0.25) is 0 Å². The Labute approximate surface area is 103 Å². The second-order valence-corrected chi connectivity index (χ2v) is 4.07. The Morgan fingerprint density at radius 1 is 1.39 bits per heavy atom. The fourth-order valence-electron chi connectivity index (χ4n) is 1.81. The van der Waals surface area contributed by atoms with Gasteiger partial charge in [0.15, 0.2) is 11.6 Å². The molecule has 1 heterocycles. The molecule has 1 aromatic rings. The predicted molar refractivity (Wildman–Crippen MR) is 59.7 cm³/mol. The van der Waals surface area contributed by atoms with Gasteiger partial charge in [-0.15, -0.1) is 0 Å². The first-order valence-electron chi connectivity index (χ1n) is 5.52. The van der Waals surface area contributed by atoms with Gasteiger partial charge in [-0.05, 0) is 18.6 Å². The molecule has 1 aliphatic heterocycles. The van der Waals surface area contributed by atoms with Crippen LogP contribution in [0.15, 0.2) is 24.3 Å². The highest BCUT2D eigenvalue weighted by atomic mass is 19.1. The third-order valence-corrected chi connectivity index (χ3v) is 2.83. The van der Waals surface area contributed by atoms with E-state index >= 15 is 0 Å². The lowest BCUT2D eigenvalue weighted by molar-refractivity contribution is -0.141. The van der Waals surface area contributed by atoms with E-state index in [1.807, 2.05) is 0 Å². The molecule has 0 saturated carbocycles. The molecule has 1 aromatic carbocycles. The minimum Gasteiger partial charge on any atom is -0.481 e. The van der Waals surface area contributed by atoms with Crippen LogP contribution in [0.2, 0.25) is 0 Å². The Morgan fingerprint density at radius 2 is 2.11 bits per heavy atom. The van der Waals surface area contributed by atoms with Crippen molar-refractivity contribution >= 4 is 12.1 Å². The van der Waals surface area contributed by atoms with Gasteiger partial charge in [-0.3, -0.25) is 4.79 Å². The van der Waals surface area contributed by atoms with Crippen molar-refractivity contribution in [2.24, 2.45) is 5.92 Å². The highest BCUT2D eigenvalue weighted by Gasteiger charge is 2.32. The molecule has 1 saturated heterocycles. The molecule has 0 aliphatic carbocycles. The minimum absolute atomic E-state index is 0.0998. The van der Waals surface area contributed by atoms with Crippen LogP contribution in [0.5, 0.6) is 5.75 Å². The number of carbonyl (C=O) groups excluding carboxylic acids is 1. The highest BCUT2D eigenvalue weighted by molar-refractivity contribution is 5.75. The maximum absolute atomic E-state index is 13.3. The van der Waals surface area contributed by atoms with Crippen LogP contribution >= 0.6 is 0 Å². The van der Waals surface area contributed by atoms with Crippen molar-refractivity contribution < 1.29 is 23.8 Å². The van der Waals surface area contributed by atoms with Crippen LogP contribution in [0.3, 0.4) is 0 Å². The van der Waals surface area contributed by atoms with Crippen LogP contribution in [0.25, 0.3) is 0 Å². The van der Waals surface area contributed by atoms with E-state index in [0.717, 1.165) is 0 Å². The van der Waals surface area contributed by atoms with Gasteiger partial charge in [0.05, 0.1) is 5.92 Å². The number of para-hydroxylation sites is 1. The van der Waals surface area contributed by atoms with Crippen molar-refractivity contribution in [1.82, 2.24) is 4.90 Å². The van der Waals surface area contributed by atoms with E-state index < -0.39 is 23.8 Å². The van der Waals surface area contributed by atoms with Gasteiger partial charge in [-0.1, -0.05) is 12.1 Å². The van der Waals surface area contributed by atoms with Crippen molar-refractivity contribution in [3.8, 4) is 5.75 Å². The number of amides is 1. The summed E-state index contributed by atoms with van der Waals surface area (Å²) in [6, 6.07) is 5.57. The first kappa shape index (κ1) is 12.3. The van der Waals surface area contributed by atoms with Crippen LogP contribution in [-0.2, 0) is 4.79 Å². The quantitative estimate of drug-likeness (QED) is 0.871. The van der Waals surface area contributed by atoms with Crippen molar-refractivity contribution in [1.29, 1.82) is 0 Å². The number of carbonyl (C=O) groups is 2. The van der Waals surface area contributed by atoms with E-state index in [2.05, 4.69) is 0 Å². The Hall–Kier alpha value is -2.11. The van der Waals surface area contributed by atoms with E-state index in [9.17, 15) is 14.0 Å². The van der Waals surface area contributed by atoms with Crippen LogP contribution in [0, 0.1) is 11.7 Å². The molecule has 5 nitrogen and oxygen atoms in total. The molecule has 0 bridgehead atoms. The molecule has 1 aliphatic rings. The summed E-state index contributed by atoms with van der Waals surface area (Å²) in [7, 11) is 0. The second-order valence-electron chi connectivity index (χ2n) is 4.07. The summed E-state index contributed by atoms with van der Waals surface area (Å²) < 4.78 is 18.1. The number of carboxylic acid groups (broad SMARTS) is 1. The van der Waals surface area contributed by atoms with Gasteiger partial charge in [-0.2, -0.15) is 0 Å². The number of hydrogen-bond acceptors (Lipinski definition) is 3. The number of halogens is 1. The lowest BCUT2D eigenvalue weighted by atomic mass is 10.1. The van der Waals surface area contributed by atoms with Gasteiger partial charge in [-0.25, -0.2) is 9.18 Å². The average Bonchev–Trinajstić information content (AvgIpc) is 2.81. The summed E-state index contributed by atoms with van der Waals surface area (Å²) in [6.45, 7) is 0.410. The van der Waals surface area contributed by atoms with Gasteiger partial charge < -0.3 is 14.7 Å². The summed E-state index contributed by atoms with van der Waals surface area (Å²) in [5, 5.41) is 8.81. The Morgan fingerprint density at radius 3 is 2.72 bits per heavy atom. The van der Waals surface area contributed by atoms with Crippen LogP contribution < -0.4 is 4.74 Å². The summed E-state index contributed by atoms with van der Waals surface area (Å²) >= 11 is 0. The number of ether oxygens (including phenoxy) is 1. The number of carboxylic acids is 1. The summed E-state index contributed by atoms with van der Waals surface area (Å²) in [5.74, 6) is -2.28. The number of aliphatic carboxylic acids is 1. The fraction of sp³-hybridized carbons (Fsp3) is 0.333. The van der Waals surface area contributed by atoms with Gasteiger partial charge in [0.25, 0.3) is 0 Å². The molecule has 2 rings (SSSR count). The molecule has 1 fully saturated rings. The molecule has 0 spiro atoms. The highest BCUT2D eigenvalue weighted by Crippen LogP contribution is 2.20. The monoisotopic (exact) mass is 253 g/mol. The van der Waals surface area contributed by atoms with Crippen molar-refractivity contribution in [2.45, 2.75) is 6.42 Å². The number of nitrogens with zero attached hydrogens (tertiary/aromatic N) is 1. The van der Waals surface area contributed by atoms with Gasteiger partial charge in [0.1, 0.15) is 0 Å². The zero-order valence-corrected chi connectivity index (χ0v) is 9.51. The average molecular weight is 253 g/mol. The Balaban J connectivity index is 1.98. The lowest BCUT2D eigenvalue weighted by Gasteiger charge is -2.15. The normalized spacial score (nSPS) is 18.7. The lowest BCUT2D eigenvalue weighted by Crippen LogP contribution is -2.32. The summed E-state index contributed by atoms with van der Waals surface area (Å²) in [4.78, 5) is 23.7. The third-order valence-electron chi connectivity index (χ3n) is 2.83. The summed E-state index contributed by atoms with van der Waals surface area (Å²) in [5.41, 5.74) is 0. The van der Waals surface area contributed by atoms with E-state index in [0.29, 0.717) is 13.0 Å². The number of hydrogen-bond donors (Lipinski definition) is 1. The van der Waals surface area contributed by atoms with Crippen molar-refractivity contribution in [2.75, 3.05) is 13.1 Å². The standard InChI is InChI=1S/C12H12FNO4/c13-9-3-1-2-4-10(9)18-12(17)14-6-5-8(7-14)11(15)16/h1-4,8H,5-7H2,(H,15,16). The van der Waals surface area contributed by atoms with Crippen LogP contribution in [-0.4, -0.2) is 35.2 Å². The molecule has 1 atom stereocenters. The van der Waals surface area contributed by atoms with E-state index in [1.165, 1.54) is 23.1 Å². The van der Waals surface area contributed by atoms with Gasteiger partial charge >= 0.3 is 12.1 Å². The number of likely N-dealkylation sites (tertiary alicyclic amines) is 1. The molecule has 1 amide bonds. The summed E-state index contributed by atoms with van der Waals surface area (Å²) in [6.07, 6.45) is -0.328. The SMILES string of the molecule is O=C(O)C1CCN(C(=O)Oc2ccccc2F)C1. The third kappa shape index (κ3) is 2.58. The largest absolute Gasteiger partial charge is 0.481 e. The number of benzene rings is 1. The van der Waals surface area contributed by atoms with Crippen molar-refractivity contribution in [3.63, 3.8) is 0 Å². The van der Waals surface area contributed by atoms with Crippen molar-refractivity contribution in [3.05, 3.63) is 30.1 Å². The molecule has 1 N–H and O–H groups in total. The molecule has 96 valence electrons. The van der Waals surface area contributed by atoms with Gasteiger partial charge in [0, 0.05) is 13.1 Å². The Kier molecular flexibility index (Phi) is 3.45. The molecular weight excluding hydrogens is 241 g/mol. The van der Waals surface area contributed by atoms with E-state index in [4.69, 9.17) is 9.84 Å². The predicted octanol–water partition coefficient (Wildman–Crippen LogP) is 1.73. The maximum atomic E-state index is 13.3. The molecule has 18 heavy (non-hydrogen) atoms. The molecular formula is C12H12FNO4. The topological polar surface area (TPSA) is 66.8 Å². The molecule has 1 unspecified atom stereocenters. The minimum atomic E-state index is -0.934. The van der Waals surface area contributed by atoms with E-state index in [1.54, 1.807) is 6.07 Å². The second kappa shape index (κ2) is 5.03. The number of rotatable bonds is 2. The first-order valence-corrected chi connectivity index (χ1v) is 5.52. The molecule has 6 heteroatoms. The zero-order chi connectivity index (χ0) is 13.1. The zero-order valence-electron chi connectivity index (χ0n) is 9.51. The maximum Gasteiger partial charge on any atom is 0.415 e. The Bertz CT molecular complexity index is 477.